The molecule has 2 atom stereocenters. The number of hydrogen-bond acceptors (Lipinski definition) is 1. The molecule has 0 saturated heterocycles. The Morgan fingerprint density at radius 2 is 1.60 bits per heavy atom. The van der Waals surface area contributed by atoms with Gasteiger partial charge in [-0.05, 0) is 59.4 Å². The highest BCUT2D eigenvalue weighted by Gasteiger charge is 2.38. The van der Waals surface area contributed by atoms with Gasteiger partial charge in [-0.25, -0.2) is 0 Å². The van der Waals surface area contributed by atoms with Gasteiger partial charge in [-0.1, -0.05) is 13.8 Å². The Kier molecular flexibility index (Phi) is 1.72. The van der Waals surface area contributed by atoms with Crippen LogP contribution >= 0.6 is 0 Å². The third-order valence-corrected chi connectivity index (χ3v) is 4.20. The van der Waals surface area contributed by atoms with Crippen molar-refractivity contribution in [3.63, 3.8) is 0 Å². The summed E-state index contributed by atoms with van der Waals surface area (Å²) in [4.78, 5) is 0. The highest BCUT2D eigenvalue weighted by Crippen LogP contribution is 2.53. The molecule has 1 heteroatoms. The van der Waals surface area contributed by atoms with Gasteiger partial charge in [0, 0.05) is 0 Å². The van der Waals surface area contributed by atoms with Crippen LogP contribution in [-0.4, -0.2) is 7.11 Å². The van der Waals surface area contributed by atoms with Crippen LogP contribution in [0.4, 0.5) is 0 Å². The molecule has 80 valence electrons. The summed E-state index contributed by atoms with van der Waals surface area (Å²) in [5.74, 6) is 2.68. The van der Waals surface area contributed by atoms with Gasteiger partial charge in [-0.3, -0.25) is 0 Å². The van der Waals surface area contributed by atoms with E-state index in [1.54, 1.807) is 23.8 Å². The van der Waals surface area contributed by atoms with Gasteiger partial charge in [0.2, 0.25) is 0 Å². The van der Waals surface area contributed by atoms with Crippen molar-refractivity contribution >= 4 is 0 Å². The largest absolute Gasteiger partial charge is 0.496 e. The second kappa shape index (κ2) is 2.78. The lowest BCUT2D eigenvalue weighted by Crippen LogP contribution is -2.28. The SMILES string of the molecule is COc1c(C)c2c(c3c1CC3C)CC2C. The standard InChI is InChI=1S/C14H18O/c1-7-5-10-12(7)9(3)14(15-4)11-6-8(2)13(10)11/h7-8H,5-6H2,1-4H3. The Labute approximate surface area is 91.5 Å². The highest BCUT2D eigenvalue weighted by molar-refractivity contribution is 5.65. The molecule has 0 radical (unpaired) electrons. The molecule has 0 aliphatic heterocycles. The molecule has 0 heterocycles. The van der Waals surface area contributed by atoms with E-state index in [9.17, 15) is 0 Å². The Balaban J connectivity index is 2.28. The molecule has 1 aromatic carbocycles. The zero-order valence-corrected chi connectivity index (χ0v) is 9.98. The molecular weight excluding hydrogens is 184 g/mol. The minimum atomic E-state index is 0.743. The second-order valence-corrected chi connectivity index (χ2v) is 5.15. The summed E-state index contributed by atoms with van der Waals surface area (Å²) >= 11 is 0. The molecule has 3 rings (SSSR count). The number of methoxy groups -OCH3 is 1. The molecule has 0 bridgehead atoms. The minimum Gasteiger partial charge on any atom is -0.496 e. The smallest absolute Gasteiger partial charge is 0.125 e. The molecule has 0 saturated carbocycles. The third kappa shape index (κ3) is 0.940. The van der Waals surface area contributed by atoms with E-state index in [0.717, 1.165) is 11.8 Å². The van der Waals surface area contributed by atoms with Gasteiger partial charge in [0.15, 0.2) is 0 Å². The summed E-state index contributed by atoms with van der Waals surface area (Å²) in [6.07, 6.45) is 2.49. The number of fused-ring (bicyclic) bond motifs is 3. The predicted molar refractivity (Wildman–Crippen MR) is 62.0 cm³/mol. The summed E-state index contributed by atoms with van der Waals surface area (Å²) in [7, 11) is 1.81. The maximum absolute atomic E-state index is 5.57. The summed E-state index contributed by atoms with van der Waals surface area (Å²) in [5.41, 5.74) is 7.74. The van der Waals surface area contributed by atoms with Crippen LogP contribution in [0.5, 0.6) is 5.75 Å². The first-order chi connectivity index (χ1) is 7.15. The van der Waals surface area contributed by atoms with Gasteiger partial charge in [0.25, 0.3) is 0 Å². The van der Waals surface area contributed by atoms with Crippen LogP contribution < -0.4 is 4.74 Å². The van der Waals surface area contributed by atoms with Crippen molar-refractivity contribution in [1.29, 1.82) is 0 Å². The van der Waals surface area contributed by atoms with Gasteiger partial charge >= 0.3 is 0 Å². The number of rotatable bonds is 1. The summed E-state index contributed by atoms with van der Waals surface area (Å²) in [6, 6.07) is 0. The maximum Gasteiger partial charge on any atom is 0.125 e. The maximum atomic E-state index is 5.57. The normalized spacial score (nSPS) is 26.1. The average molecular weight is 202 g/mol. The topological polar surface area (TPSA) is 9.23 Å². The fraction of sp³-hybridized carbons (Fsp3) is 0.571. The molecule has 0 N–H and O–H groups in total. The molecule has 2 unspecified atom stereocenters. The minimum absolute atomic E-state index is 0.743. The van der Waals surface area contributed by atoms with Crippen LogP contribution in [0.2, 0.25) is 0 Å². The Bertz CT molecular complexity index is 380. The lowest BCUT2D eigenvalue weighted by Gasteiger charge is -2.41. The molecule has 1 nitrogen and oxygen atoms in total. The quantitative estimate of drug-likeness (QED) is 0.678. The molecule has 0 fully saturated rings. The zero-order chi connectivity index (χ0) is 10.7. The molecule has 1 aromatic rings. The van der Waals surface area contributed by atoms with Crippen molar-refractivity contribution in [1.82, 2.24) is 0 Å². The van der Waals surface area contributed by atoms with Crippen LogP contribution in [0.3, 0.4) is 0 Å². The van der Waals surface area contributed by atoms with Crippen LogP contribution in [-0.2, 0) is 12.8 Å². The zero-order valence-electron chi connectivity index (χ0n) is 9.98. The van der Waals surface area contributed by atoms with E-state index in [4.69, 9.17) is 4.74 Å². The highest BCUT2D eigenvalue weighted by atomic mass is 16.5. The molecule has 0 aromatic heterocycles. The van der Waals surface area contributed by atoms with Gasteiger partial charge < -0.3 is 4.74 Å². The van der Waals surface area contributed by atoms with E-state index in [1.165, 1.54) is 29.7 Å². The van der Waals surface area contributed by atoms with Crippen molar-refractivity contribution < 1.29 is 4.74 Å². The van der Waals surface area contributed by atoms with Crippen molar-refractivity contribution in [2.24, 2.45) is 0 Å². The first-order valence-electron chi connectivity index (χ1n) is 5.87. The van der Waals surface area contributed by atoms with Crippen LogP contribution in [0, 0.1) is 6.92 Å². The van der Waals surface area contributed by atoms with Gasteiger partial charge in [0.05, 0.1) is 7.11 Å². The van der Waals surface area contributed by atoms with E-state index in [2.05, 4.69) is 20.8 Å². The lowest BCUT2D eigenvalue weighted by atomic mass is 9.64. The number of benzene rings is 1. The van der Waals surface area contributed by atoms with E-state index in [-0.39, 0.29) is 0 Å². The monoisotopic (exact) mass is 202 g/mol. The number of ether oxygens (including phenoxy) is 1. The fourth-order valence-corrected chi connectivity index (χ4v) is 3.54. The summed E-state index contributed by atoms with van der Waals surface area (Å²) in [6.45, 7) is 6.88. The molecular formula is C14H18O. The summed E-state index contributed by atoms with van der Waals surface area (Å²) in [5, 5.41) is 0. The third-order valence-electron chi connectivity index (χ3n) is 4.20. The van der Waals surface area contributed by atoms with Crippen LogP contribution in [0.15, 0.2) is 0 Å². The van der Waals surface area contributed by atoms with Crippen LogP contribution in [0.25, 0.3) is 0 Å². The Morgan fingerprint density at radius 3 is 2.13 bits per heavy atom. The fourth-order valence-electron chi connectivity index (χ4n) is 3.54. The van der Waals surface area contributed by atoms with Crippen LogP contribution in [0.1, 0.15) is 53.5 Å². The second-order valence-electron chi connectivity index (χ2n) is 5.15. The predicted octanol–water partition coefficient (Wildman–Crippen LogP) is 3.32. The van der Waals surface area contributed by atoms with E-state index >= 15 is 0 Å². The van der Waals surface area contributed by atoms with Crippen molar-refractivity contribution in [3.05, 3.63) is 27.8 Å². The van der Waals surface area contributed by atoms with Gasteiger partial charge in [-0.15, -0.1) is 0 Å². The average Bonchev–Trinajstić information content (AvgIpc) is 2.15. The molecule has 0 spiro atoms. The molecule has 2 aliphatic carbocycles. The molecule has 2 aliphatic rings. The Hall–Kier alpha value is -0.980. The van der Waals surface area contributed by atoms with Gasteiger partial charge in [0.1, 0.15) is 5.75 Å². The van der Waals surface area contributed by atoms with E-state index in [1.807, 2.05) is 0 Å². The van der Waals surface area contributed by atoms with E-state index < -0.39 is 0 Å². The van der Waals surface area contributed by atoms with Gasteiger partial charge in [-0.2, -0.15) is 0 Å². The van der Waals surface area contributed by atoms with Crippen molar-refractivity contribution in [2.45, 2.75) is 45.4 Å². The lowest BCUT2D eigenvalue weighted by molar-refractivity contribution is 0.393. The van der Waals surface area contributed by atoms with Crippen molar-refractivity contribution in [3.8, 4) is 5.75 Å². The molecule has 15 heavy (non-hydrogen) atoms. The first kappa shape index (κ1) is 9.26. The van der Waals surface area contributed by atoms with E-state index in [0.29, 0.717) is 0 Å². The number of hydrogen-bond donors (Lipinski definition) is 0. The summed E-state index contributed by atoms with van der Waals surface area (Å²) < 4.78 is 5.57. The Morgan fingerprint density at radius 1 is 1.00 bits per heavy atom. The first-order valence-corrected chi connectivity index (χ1v) is 5.87. The molecule has 0 amide bonds. The van der Waals surface area contributed by atoms with Crippen molar-refractivity contribution in [2.75, 3.05) is 7.11 Å².